The molecule has 3 heteroatoms. The normalized spacial score (nSPS) is 14.1. The molecule has 2 aliphatic carbocycles. The second kappa shape index (κ2) is 9.24. The van der Waals surface area contributed by atoms with Gasteiger partial charge in [0.25, 0.3) is 0 Å². The van der Waals surface area contributed by atoms with Gasteiger partial charge in [0.1, 0.15) is 11.5 Å². The molecule has 2 nitrogen and oxygen atoms in total. The van der Waals surface area contributed by atoms with Crippen molar-refractivity contribution in [1.29, 1.82) is 0 Å². The van der Waals surface area contributed by atoms with Gasteiger partial charge in [-0.2, -0.15) is 0 Å². The zero-order chi connectivity index (χ0) is 25.6. The van der Waals surface area contributed by atoms with E-state index >= 15 is 0 Å². The predicted molar refractivity (Wildman–Crippen MR) is 157 cm³/mol. The van der Waals surface area contributed by atoms with Gasteiger partial charge in [0.15, 0.2) is 8.07 Å². The molecule has 4 aromatic carbocycles. The third kappa shape index (κ3) is 3.52. The maximum Gasteiger partial charge on any atom is 0.163 e. The minimum Gasteiger partial charge on any atom is -0.497 e. The third-order valence-corrected chi connectivity index (χ3v) is 13.3. The zero-order valence-electron chi connectivity index (χ0n) is 21.9. The van der Waals surface area contributed by atoms with E-state index in [1.165, 1.54) is 48.9 Å². The van der Waals surface area contributed by atoms with E-state index in [1.807, 2.05) is 7.11 Å². The van der Waals surface area contributed by atoms with Gasteiger partial charge in [-0.05, 0) is 87.4 Å². The van der Waals surface area contributed by atoms with Crippen LogP contribution in [0.2, 0.25) is 5.54 Å². The molecule has 37 heavy (non-hydrogen) atoms. The molecule has 0 atom stereocenters. The van der Waals surface area contributed by atoms with Gasteiger partial charge in [-0.25, -0.2) is 0 Å². The van der Waals surface area contributed by atoms with Crippen molar-refractivity contribution in [2.24, 2.45) is 0 Å². The van der Waals surface area contributed by atoms with E-state index in [0.29, 0.717) is 0 Å². The fraction of sp³-hybridized carbons (Fsp3) is 0.176. The molecule has 0 amide bonds. The molecule has 4 aromatic rings. The number of hydrogen-bond donors (Lipinski definition) is 0. The van der Waals surface area contributed by atoms with Crippen molar-refractivity contribution in [3.8, 4) is 22.6 Å². The van der Waals surface area contributed by atoms with Crippen LogP contribution in [0, 0.1) is 13.8 Å². The van der Waals surface area contributed by atoms with Crippen molar-refractivity contribution in [3.05, 3.63) is 125 Å². The Kier molecular flexibility index (Phi) is 5.89. The largest absolute Gasteiger partial charge is 0.497 e. The highest BCUT2D eigenvalue weighted by atomic mass is 28.3. The lowest BCUT2D eigenvalue weighted by atomic mass is 10.0. The van der Waals surface area contributed by atoms with Gasteiger partial charge in [0.05, 0.1) is 14.2 Å². The first-order chi connectivity index (χ1) is 18.1. The van der Waals surface area contributed by atoms with Crippen molar-refractivity contribution < 1.29 is 9.47 Å². The van der Waals surface area contributed by atoms with Gasteiger partial charge < -0.3 is 9.47 Å². The highest BCUT2D eigenvalue weighted by Crippen LogP contribution is 2.44. The number of allylic oxidation sites excluding steroid dienone is 4. The maximum absolute atomic E-state index is 6.34. The lowest BCUT2D eigenvalue weighted by Crippen LogP contribution is -2.70. The van der Waals surface area contributed by atoms with Crippen molar-refractivity contribution in [1.82, 2.24) is 0 Å². The Labute approximate surface area is 220 Å². The average molecular weight is 501 g/mol. The quantitative estimate of drug-likeness (QED) is 0.215. The molecule has 0 bridgehead atoms. The van der Waals surface area contributed by atoms with E-state index in [2.05, 4.69) is 117 Å². The molecule has 184 valence electrons. The lowest BCUT2D eigenvalue weighted by molar-refractivity contribution is 0.411. The summed E-state index contributed by atoms with van der Waals surface area (Å²) in [5, 5.41) is 4.20. The summed E-state index contributed by atoms with van der Waals surface area (Å²) in [5.41, 5.74) is 8.02. The maximum atomic E-state index is 6.34. The molecule has 6 rings (SSSR count). The summed E-state index contributed by atoms with van der Waals surface area (Å²) in [6.07, 6.45) is 10.1. The topological polar surface area (TPSA) is 18.5 Å². The van der Waals surface area contributed by atoms with Crippen molar-refractivity contribution >= 4 is 23.6 Å². The zero-order valence-corrected chi connectivity index (χ0v) is 22.9. The number of methoxy groups -OCH3 is 2. The number of hydrogen-bond acceptors (Lipinski definition) is 2. The molecule has 0 unspecified atom stereocenters. The Balaban J connectivity index is 1.76. The molecular formula is C34H32O2Si. The van der Waals surface area contributed by atoms with Crippen LogP contribution in [-0.4, -0.2) is 22.3 Å². The third-order valence-electron chi connectivity index (χ3n) is 8.16. The monoisotopic (exact) mass is 500 g/mol. The fourth-order valence-electron chi connectivity index (χ4n) is 6.61. The Morgan fingerprint density at radius 3 is 1.86 bits per heavy atom. The average Bonchev–Trinajstić information content (AvgIpc) is 3.59. The van der Waals surface area contributed by atoms with E-state index in [4.69, 9.17) is 9.47 Å². The Bertz CT molecular complexity index is 1480. The van der Waals surface area contributed by atoms with Gasteiger partial charge in [-0.1, -0.05) is 85.0 Å². The molecular weight excluding hydrogens is 468 g/mol. The van der Waals surface area contributed by atoms with Crippen molar-refractivity contribution in [2.75, 3.05) is 14.2 Å². The summed E-state index contributed by atoms with van der Waals surface area (Å²) in [5.74, 6) is 1.98. The molecule has 0 aromatic heterocycles. The van der Waals surface area contributed by atoms with Gasteiger partial charge in [0, 0.05) is 5.54 Å². The lowest BCUT2D eigenvalue weighted by Gasteiger charge is -2.40. The second-order valence-corrected chi connectivity index (χ2v) is 14.1. The molecule has 2 aliphatic rings. The summed E-state index contributed by atoms with van der Waals surface area (Å²) in [4.78, 5) is 0. The first-order valence-electron chi connectivity index (χ1n) is 12.9. The molecule has 0 fully saturated rings. The SMILES string of the molecule is COc1cc2c(cc1C)-c1cc(C)c(OC)c([Si](c3ccccc3)(c3ccccc3)C3C=CC=C3)c1C2. The molecule has 0 spiro atoms. The van der Waals surface area contributed by atoms with Crippen LogP contribution < -0.4 is 25.0 Å². The summed E-state index contributed by atoms with van der Waals surface area (Å²) in [7, 11) is 0.948. The summed E-state index contributed by atoms with van der Waals surface area (Å²) in [6.45, 7) is 4.34. The minimum atomic E-state index is -2.65. The van der Waals surface area contributed by atoms with E-state index in [-0.39, 0.29) is 5.54 Å². The predicted octanol–water partition coefficient (Wildman–Crippen LogP) is 5.86. The molecule has 0 aliphatic heterocycles. The first kappa shape index (κ1) is 23.6. The Morgan fingerprint density at radius 1 is 0.703 bits per heavy atom. The van der Waals surface area contributed by atoms with Crippen LogP contribution in [0.5, 0.6) is 11.5 Å². The van der Waals surface area contributed by atoms with E-state index in [0.717, 1.165) is 17.9 Å². The van der Waals surface area contributed by atoms with E-state index in [1.54, 1.807) is 7.11 Å². The van der Waals surface area contributed by atoms with Gasteiger partial charge in [-0.3, -0.25) is 0 Å². The molecule has 0 heterocycles. The fourth-order valence-corrected chi connectivity index (χ4v) is 12.2. The number of aryl methyl sites for hydroxylation is 2. The Hall–Kier alpha value is -3.82. The first-order valence-corrected chi connectivity index (χ1v) is 15.0. The van der Waals surface area contributed by atoms with Crippen LogP contribution >= 0.6 is 0 Å². The van der Waals surface area contributed by atoms with Crippen LogP contribution in [0.3, 0.4) is 0 Å². The van der Waals surface area contributed by atoms with Gasteiger partial charge in [-0.15, -0.1) is 0 Å². The van der Waals surface area contributed by atoms with E-state index in [9.17, 15) is 0 Å². The number of fused-ring (bicyclic) bond motifs is 3. The van der Waals surface area contributed by atoms with Gasteiger partial charge >= 0.3 is 0 Å². The summed E-state index contributed by atoms with van der Waals surface area (Å²) in [6, 6.07) is 29.2. The Morgan fingerprint density at radius 2 is 1.30 bits per heavy atom. The van der Waals surface area contributed by atoms with Crippen LogP contribution in [-0.2, 0) is 6.42 Å². The van der Waals surface area contributed by atoms with Gasteiger partial charge in [0.2, 0.25) is 0 Å². The molecule has 0 radical (unpaired) electrons. The van der Waals surface area contributed by atoms with Crippen molar-refractivity contribution in [3.63, 3.8) is 0 Å². The highest BCUT2D eigenvalue weighted by molar-refractivity contribution is 7.13. The van der Waals surface area contributed by atoms with E-state index < -0.39 is 8.07 Å². The summed E-state index contributed by atoms with van der Waals surface area (Å²) < 4.78 is 12.1. The standard InChI is InChI=1S/C34H32O2Si/c1-23-19-29-25(22-32(23)35-3)21-31-30(29)20-24(2)33(36-4)34(31)37(28-17-11-12-18-28,26-13-7-5-8-14-26)27-15-9-6-10-16-27/h5-20,22,28H,21H2,1-4H3. The van der Waals surface area contributed by atoms with Crippen LogP contribution in [0.15, 0.2) is 103 Å². The van der Waals surface area contributed by atoms with Crippen molar-refractivity contribution in [2.45, 2.75) is 25.8 Å². The molecule has 0 N–H and O–H groups in total. The summed E-state index contributed by atoms with van der Waals surface area (Å²) >= 11 is 0. The second-order valence-electron chi connectivity index (χ2n) is 10.1. The van der Waals surface area contributed by atoms with Crippen LogP contribution in [0.25, 0.3) is 11.1 Å². The molecule has 0 saturated heterocycles. The molecule has 0 saturated carbocycles. The number of ether oxygens (including phenoxy) is 2. The number of rotatable bonds is 6. The number of benzene rings is 4. The minimum absolute atomic E-state index is 0.275. The van der Waals surface area contributed by atoms with Crippen LogP contribution in [0.1, 0.15) is 22.3 Å². The smallest absolute Gasteiger partial charge is 0.163 e. The van der Waals surface area contributed by atoms with Crippen LogP contribution in [0.4, 0.5) is 0 Å². The highest BCUT2D eigenvalue weighted by Gasteiger charge is 2.49.